The van der Waals surface area contributed by atoms with E-state index in [1.165, 1.54) is 9.80 Å². The van der Waals surface area contributed by atoms with Crippen LogP contribution in [0.5, 0.6) is 0 Å². The first-order chi connectivity index (χ1) is 22.0. The molecule has 3 fully saturated rings. The molecule has 2 saturated heterocycles. The van der Waals surface area contributed by atoms with Gasteiger partial charge in [-0.25, -0.2) is 0 Å². The highest BCUT2D eigenvalue weighted by molar-refractivity contribution is 6.17. The molecule has 4 aromatic carbocycles. The largest absolute Gasteiger partial charge is 0.329 e. The maximum Gasteiger partial charge on any atom is 0.236 e. The van der Waals surface area contributed by atoms with Gasteiger partial charge in [0.1, 0.15) is 0 Å². The van der Waals surface area contributed by atoms with Crippen LogP contribution >= 0.6 is 0 Å². The minimum atomic E-state index is -1.24. The van der Waals surface area contributed by atoms with Crippen LogP contribution in [0.15, 0.2) is 121 Å². The zero-order valence-corrected chi connectivity index (χ0v) is 24.3. The van der Waals surface area contributed by atoms with E-state index in [0.29, 0.717) is 0 Å². The molecular formula is C38H29N3O4. The first kappa shape index (κ1) is 26.1. The van der Waals surface area contributed by atoms with Gasteiger partial charge in [-0.1, -0.05) is 103 Å². The molecule has 0 radical (unpaired) electrons. The Hall–Kier alpha value is -5.30. The number of para-hydroxylation sites is 2. The van der Waals surface area contributed by atoms with Crippen molar-refractivity contribution in [3.8, 4) is 0 Å². The molecule has 3 aliphatic carbocycles. The molecule has 220 valence electrons. The fourth-order valence-corrected chi connectivity index (χ4v) is 9.06. The summed E-state index contributed by atoms with van der Waals surface area (Å²) >= 11 is 0. The van der Waals surface area contributed by atoms with Crippen LogP contribution in [-0.4, -0.2) is 39.0 Å². The normalized spacial score (nSPS) is 29.1. The third kappa shape index (κ3) is 3.30. The Labute approximate surface area is 260 Å². The Morgan fingerprint density at radius 2 is 1.00 bits per heavy atom. The number of nitrogens with zero attached hydrogens (tertiary/aromatic N) is 3. The number of imide groups is 2. The van der Waals surface area contributed by atoms with Crippen LogP contribution < -0.4 is 4.90 Å². The van der Waals surface area contributed by atoms with Crippen LogP contribution in [0.25, 0.3) is 5.57 Å². The number of anilines is 2. The molecule has 2 unspecified atom stereocenters. The van der Waals surface area contributed by atoms with E-state index in [-0.39, 0.29) is 36.7 Å². The number of allylic oxidation sites excluding steroid dienone is 1. The van der Waals surface area contributed by atoms with Gasteiger partial charge in [-0.15, -0.1) is 0 Å². The van der Waals surface area contributed by atoms with Gasteiger partial charge >= 0.3 is 0 Å². The third-order valence-electron chi connectivity index (χ3n) is 10.6. The number of amides is 4. The Morgan fingerprint density at radius 1 is 0.533 bits per heavy atom. The predicted octanol–water partition coefficient (Wildman–Crippen LogP) is 5.21. The van der Waals surface area contributed by atoms with Crippen molar-refractivity contribution in [1.82, 2.24) is 9.80 Å². The smallest absolute Gasteiger partial charge is 0.236 e. The molecule has 2 bridgehead atoms. The molecule has 0 N–H and O–H groups in total. The molecule has 6 atom stereocenters. The van der Waals surface area contributed by atoms with Crippen LogP contribution in [0.2, 0.25) is 0 Å². The summed E-state index contributed by atoms with van der Waals surface area (Å²) in [4.78, 5) is 63.4. The number of hydrogen-bond donors (Lipinski definition) is 0. The van der Waals surface area contributed by atoms with Gasteiger partial charge < -0.3 is 4.90 Å². The molecule has 3 heterocycles. The Kier molecular flexibility index (Phi) is 5.43. The SMILES string of the molecule is O=C1[C@@H]2C3C=C4c5ccccc5N(c5ccccc5)C4([C@@H]2C(=O)N1Cc1ccccc1)[C@H]1C(=O)N(Cc2ccccc2)C(=O)[C@@H]31. The van der Waals surface area contributed by atoms with E-state index in [4.69, 9.17) is 0 Å². The summed E-state index contributed by atoms with van der Waals surface area (Å²) in [6.07, 6.45) is 2.07. The summed E-state index contributed by atoms with van der Waals surface area (Å²) in [5.74, 6) is -4.83. The molecule has 3 aliphatic heterocycles. The summed E-state index contributed by atoms with van der Waals surface area (Å²) < 4.78 is 0. The fraction of sp³-hybridized carbons (Fsp3) is 0.211. The van der Waals surface area contributed by atoms with E-state index in [2.05, 4.69) is 11.0 Å². The molecule has 7 heteroatoms. The van der Waals surface area contributed by atoms with Gasteiger partial charge in [-0.2, -0.15) is 0 Å². The summed E-state index contributed by atoms with van der Waals surface area (Å²) in [6.45, 7) is 0.304. The van der Waals surface area contributed by atoms with Gasteiger partial charge in [0.2, 0.25) is 23.6 Å². The van der Waals surface area contributed by atoms with E-state index in [0.717, 1.165) is 33.6 Å². The van der Waals surface area contributed by atoms with Gasteiger partial charge in [-0.3, -0.25) is 29.0 Å². The first-order valence-corrected chi connectivity index (χ1v) is 15.5. The lowest BCUT2D eigenvalue weighted by molar-refractivity contribution is -0.140. The second kappa shape index (κ2) is 9.35. The van der Waals surface area contributed by atoms with Crippen LogP contribution in [0.4, 0.5) is 11.4 Å². The molecule has 7 nitrogen and oxygen atoms in total. The van der Waals surface area contributed by atoms with Crippen LogP contribution in [0.3, 0.4) is 0 Å². The van der Waals surface area contributed by atoms with Crippen LogP contribution in [0.1, 0.15) is 16.7 Å². The van der Waals surface area contributed by atoms with Gasteiger partial charge in [0, 0.05) is 22.9 Å². The summed E-state index contributed by atoms with van der Waals surface area (Å²) in [5, 5.41) is 0. The summed E-state index contributed by atoms with van der Waals surface area (Å²) in [6, 6.07) is 36.7. The maximum absolute atomic E-state index is 14.8. The minimum Gasteiger partial charge on any atom is -0.329 e. The number of carbonyl (C=O) groups excluding carboxylic acids is 4. The highest BCUT2D eigenvalue weighted by Crippen LogP contribution is 2.71. The molecule has 45 heavy (non-hydrogen) atoms. The van der Waals surface area contributed by atoms with Gasteiger partial charge in [0.25, 0.3) is 0 Å². The van der Waals surface area contributed by atoms with Crippen LogP contribution in [0, 0.1) is 29.6 Å². The van der Waals surface area contributed by atoms with E-state index in [1.807, 2.05) is 115 Å². The second-order valence-corrected chi connectivity index (χ2v) is 12.7. The Bertz CT molecular complexity index is 1850. The van der Waals surface area contributed by atoms with E-state index < -0.39 is 35.1 Å². The molecule has 4 aromatic rings. The van der Waals surface area contributed by atoms with Crippen molar-refractivity contribution in [3.05, 3.63) is 138 Å². The lowest BCUT2D eigenvalue weighted by atomic mass is 9.47. The maximum atomic E-state index is 14.8. The Morgan fingerprint density at radius 3 is 1.53 bits per heavy atom. The molecule has 1 saturated carbocycles. The highest BCUT2D eigenvalue weighted by atomic mass is 16.2. The van der Waals surface area contributed by atoms with Crippen molar-refractivity contribution in [2.75, 3.05) is 4.90 Å². The number of likely N-dealkylation sites (tertiary alicyclic amines) is 2. The average molecular weight is 592 g/mol. The summed E-state index contributed by atoms with van der Waals surface area (Å²) in [5.41, 5.74) is 3.96. The van der Waals surface area contributed by atoms with Crippen molar-refractivity contribution in [2.24, 2.45) is 29.6 Å². The van der Waals surface area contributed by atoms with Gasteiger partial charge in [-0.05, 0) is 34.9 Å². The lowest BCUT2D eigenvalue weighted by Crippen LogP contribution is -2.68. The van der Waals surface area contributed by atoms with Crippen LogP contribution in [-0.2, 0) is 32.3 Å². The van der Waals surface area contributed by atoms with Crippen molar-refractivity contribution in [1.29, 1.82) is 0 Å². The monoisotopic (exact) mass is 591 g/mol. The Balaban J connectivity index is 1.27. The molecule has 6 aliphatic rings. The number of hydrogen-bond acceptors (Lipinski definition) is 5. The van der Waals surface area contributed by atoms with Gasteiger partial charge in [0.05, 0.1) is 42.3 Å². The standard InChI is InChI=1S/C38H29N3O4/c42-34-30-27-20-28-26-18-10-11-19-29(26)41(25-16-8-3-9-17-25)38(28,32(30)36(44)39(34)21-23-12-4-1-5-13-23)33-31(27)35(43)40(37(33)45)22-24-14-6-2-7-15-24/h1-20,27,30-33H,21-22H2/t27?,30-,31+,32+,33-,38?. The third-order valence-corrected chi connectivity index (χ3v) is 10.6. The van der Waals surface area contributed by atoms with Crippen molar-refractivity contribution in [3.63, 3.8) is 0 Å². The molecule has 0 aromatic heterocycles. The van der Waals surface area contributed by atoms with E-state index in [1.54, 1.807) is 0 Å². The topological polar surface area (TPSA) is 78.0 Å². The van der Waals surface area contributed by atoms with E-state index >= 15 is 0 Å². The molecule has 1 spiro atoms. The zero-order chi connectivity index (χ0) is 30.4. The number of fused-ring (bicyclic) bond motifs is 1. The van der Waals surface area contributed by atoms with Gasteiger partial charge in [0.15, 0.2) is 0 Å². The predicted molar refractivity (Wildman–Crippen MR) is 167 cm³/mol. The quantitative estimate of drug-likeness (QED) is 0.298. The molecule has 4 amide bonds. The van der Waals surface area contributed by atoms with Crippen molar-refractivity contribution < 1.29 is 19.2 Å². The molecular weight excluding hydrogens is 562 g/mol. The van der Waals surface area contributed by atoms with Crippen molar-refractivity contribution in [2.45, 2.75) is 18.6 Å². The second-order valence-electron chi connectivity index (χ2n) is 12.7. The van der Waals surface area contributed by atoms with Crippen molar-refractivity contribution >= 4 is 40.6 Å². The fourth-order valence-electron chi connectivity index (χ4n) is 9.06. The lowest BCUT2D eigenvalue weighted by Gasteiger charge is -2.57. The zero-order valence-electron chi connectivity index (χ0n) is 24.3. The molecule has 10 rings (SSSR count). The number of benzene rings is 4. The number of carbonyl (C=O) groups is 4. The highest BCUT2D eigenvalue weighted by Gasteiger charge is 2.79. The average Bonchev–Trinajstić information content (AvgIpc) is 3.63. The summed E-state index contributed by atoms with van der Waals surface area (Å²) in [7, 11) is 0. The minimum absolute atomic E-state index is 0.152. The van der Waals surface area contributed by atoms with E-state index in [9.17, 15) is 19.2 Å². The first-order valence-electron chi connectivity index (χ1n) is 15.5. The number of rotatable bonds is 5.